The molecule has 0 aliphatic carbocycles. The Labute approximate surface area is 137 Å². The summed E-state index contributed by atoms with van der Waals surface area (Å²) in [6.07, 6.45) is -1.71. The number of amides is 1. The van der Waals surface area contributed by atoms with E-state index in [4.69, 9.17) is 5.14 Å². The van der Waals surface area contributed by atoms with Crippen LogP contribution in [0.1, 0.15) is 28.8 Å². The fourth-order valence-corrected chi connectivity index (χ4v) is 3.10. The number of pyridine rings is 1. The number of rotatable bonds is 4. The molecule has 1 aromatic heterocycles. The van der Waals surface area contributed by atoms with Crippen molar-refractivity contribution in [1.82, 2.24) is 14.6 Å². The minimum Gasteiger partial charge on any atom is -0.338 e. The minimum atomic E-state index is -4.68. The maximum Gasteiger partial charge on any atom is 0.418 e. The van der Waals surface area contributed by atoms with Gasteiger partial charge in [-0.05, 0) is 24.8 Å². The number of aromatic nitrogens is 1. The van der Waals surface area contributed by atoms with Gasteiger partial charge in [-0.1, -0.05) is 0 Å². The Kier molecular flexibility index (Phi) is 5.45. The van der Waals surface area contributed by atoms with Crippen LogP contribution in [0.25, 0.3) is 0 Å². The van der Waals surface area contributed by atoms with Gasteiger partial charge in [-0.3, -0.25) is 9.78 Å². The minimum absolute atomic E-state index is 0.0328. The highest BCUT2D eigenvalue weighted by atomic mass is 32.2. The molecule has 1 unspecified atom stereocenters. The molecule has 2 heterocycles. The standard InChI is InChI=1S/C13H17F3N4O3S/c14-13(15,16)11-7-18-4-3-10(11)12(21)20-5-1-2-9(8-20)6-19-24(17,22)23/h3-4,7,9,19H,1-2,5-6,8H2,(H2,17,22,23). The van der Waals surface area contributed by atoms with Crippen LogP contribution >= 0.6 is 0 Å². The number of hydrogen-bond acceptors (Lipinski definition) is 4. The van der Waals surface area contributed by atoms with Crippen molar-refractivity contribution in [3.63, 3.8) is 0 Å². The molecule has 0 aromatic carbocycles. The molecular weight excluding hydrogens is 349 g/mol. The molecule has 0 spiro atoms. The van der Waals surface area contributed by atoms with E-state index in [1.54, 1.807) is 0 Å². The van der Waals surface area contributed by atoms with Crippen LogP contribution in [0.3, 0.4) is 0 Å². The topological polar surface area (TPSA) is 105 Å². The van der Waals surface area contributed by atoms with E-state index in [9.17, 15) is 26.4 Å². The molecule has 1 aliphatic heterocycles. The maximum absolute atomic E-state index is 13.0. The number of hydrogen-bond donors (Lipinski definition) is 2. The Morgan fingerprint density at radius 1 is 1.46 bits per heavy atom. The van der Waals surface area contributed by atoms with Crippen LogP contribution in [0, 0.1) is 5.92 Å². The molecule has 7 nitrogen and oxygen atoms in total. The number of carbonyl (C=O) groups is 1. The van der Waals surface area contributed by atoms with Gasteiger partial charge in [-0.2, -0.15) is 21.6 Å². The van der Waals surface area contributed by atoms with E-state index in [-0.39, 0.29) is 19.0 Å². The molecule has 134 valence electrons. The molecule has 1 aliphatic rings. The second kappa shape index (κ2) is 7.03. The van der Waals surface area contributed by atoms with Gasteiger partial charge >= 0.3 is 6.18 Å². The van der Waals surface area contributed by atoms with Gasteiger partial charge in [-0.25, -0.2) is 9.86 Å². The predicted molar refractivity (Wildman–Crippen MR) is 79.0 cm³/mol. The highest BCUT2D eigenvalue weighted by Crippen LogP contribution is 2.32. The van der Waals surface area contributed by atoms with Crippen molar-refractivity contribution in [3.8, 4) is 0 Å². The Morgan fingerprint density at radius 2 is 2.17 bits per heavy atom. The highest BCUT2D eigenvalue weighted by Gasteiger charge is 2.37. The average molecular weight is 366 g/mol. The summed E-state index contributed by atoms with van der Waals surface area (Å²) in [6, 6.07) is 1.04. The first-order valence-electron chi connectivity index (χ1n) is 7.16. The lowest BCUT2D eigenvalue weighted by Crippen LogP contribution is -2.45. The third-order valence-electron chi connectivity index (χ3n) is 3.74. The van der Waals surface area contributed by atoms with Gasteiger partial charge in [-0.15, -0.1) is 0 Å². The Bertz CT molecular complexity index is 709. The molecule has 2 rings (SSSR count). The Balaban J connectivity index is 2.13. The monoisotopic (exact) mass is 366 g/mol. The number of likely N-dealkylation sites (tertiary alicyclic amines) is 1. The van der Waals surface area contributed by atoms with Crippen molar-refractivity contribution in [2.75, 3.05) is 19.6 Å². The number of halogens is 3. The van der Waals surface area contributed by atoms with Crippen molar-refractivity contribution in [2.24, 2.45) is 11.1 Å². The largest absolute Gasteiger partial charge is 0.418 e. The quantitative estimate of drug-likeness (QED) is 0.820. The van der Waals surface area contributed by atoms with E-state index in [1.165, 1.54) is 4.90 Å². The number of alkyl halides is 3. The summed E-state index contributed by atoms with van der Waals surface area (Å²) in [5.74, 6) is -0.956. The summed E-state index contributed by atoms with van der Waals surface area (Å²) in [4.78, 5) is 17.2. The lowest BCUT2D eigenvalue weighted by atomic mass is 9.97. The molecule has 1 atom stereocenters. The molecule has 1 fully saturated rings. The SMILES string of the molecule is NS(=O)(=O)NCC1CCCN(C(=O)c2ccncc2C(F)(F)F)C1. The van der Waals surface area contributed by atoms with Crippen LogP contribution < -0.4 is 9.86 Å². The summed E-state index contributed by atoms with van der Waals surface area (Å²) in [5.41, 5.74) is -1.54. The molecule has 0 saturated carbocycles. The number of nitrogens with two attached hydrogens (primary N) is 1. The van der Waals surface area contributed by atoms with E-state index >= 15 is 0 Å². The molecule has 0 bridgehead atoms. The van der Waals surface area contributed by atoms with Crippen LogP contribution in [-0.4, -0.2) is 43.8 Å². The van der Waals surface area contributed by atoms with Gasteiger partial charge in [0.25, 0.3) is 16.1 Å². The summed E-state index contributed by atoms with van der Waals surface area (Å²) >= 11 is 0. The van der Waals surface area contributed by atoms with Crippen LogP contribution in [0.5, 0.6) is 0 Å². The van der Waals surface area contributed by atoms with Gasteiger partial charge in [0.2, 0.25) is 0 Å². The molecule has 1 saturated heterocycles. The first-order chi connectivity index (χ1) is 11.1. The second-order valence-electron chi connectivity index (χ2n) is 5.57. The molecule has 0 radical (unpaired) electrons. The zero-order chi connectivity index (χ0) is 18.0. The van der Waals surface area contributed by atoms with Crippen molar-refractivity contribution in [1.29, 1.82) is 0 Å². The normalized spacial score (nSPS) is 19.3. The Morgan fingerprint density at radius 3 is 2.79 bits per heavy atom. The van der Waals surface area contributed by atoms with Crippen molar-refractivity contribution in [2.45, 2.75) is 19.0 Å². The summed E-state index contributed by atoms with van der Waals surface area (Å²) in [6.45, 7) is 0.496. The first kappa shape index (κ1) is 18.6. The van der Waals surface area contributed by atoms with Gasteiger partial charge in [0, 0.05) is 32.0 Å². The van der Waals surface area contributed by atoms with Gasteiger partial charge in [0.05, 0.1) is 11.1 Å². The average Bonchev–Trinajstić information content (AvgIpc) is 2.51. The van der Waals surface area contributed by atoms with Crippen LogP contribution in [0.4, 0.5) is 13.2 Å². The fourth-order valence-electron chi connectivity index (χ4n) is 2.63. The van der Waals surface area contributed by atoms with Gasteiger partial charge in [0.15, 0.2) is 0 Å². The van der Waals surface area contributed by atoms with Crippen molar-refractivity contribution in [3.05, 3.63) is 29.6 Å². The highest BCUT2D eigenvalue weighted by molar-refractivity contribution is 7.87. The summed E-state index contributed by atoms with van der Waals surface area (Å²) < 4.78 is 63.0. The molecule has 11 heteroatoms. The molecule has 1 aromatic rings. The summed E-state index contributed by atoms with van der Waals surface area (Å²) in [7, 11) is -3.85. The first-order valence-corrected chi connectivity index (χ1v) is 8.70. The summed E-state index contributed by atoms with van der Waals surface area (Å²) in [5, 5.41) is 4.85. The molecule has 24 heavy (non-hydrogen) atoms. The molecule has 3 N–H and O–H groups in total. The number of piperidine rings is 1. The van der Waals surface area contributed by atoms with E-state index in [1.807, 2.05) is 0 Å². The fraction of sp³-hybridized carbons (Fsp3) is 0.538. The lowest BCUT2D eigenvalue weighted by molar-refractivity contribution is -0.138. The van der Waals surface area contributed by atoms with E-state index in [2.05, 4.69) is 9.71 Å². The van der Waals surface area contributed by atoms with E-state index < -0.39 is 33.4 Å². The van der Waals surface area contributed by atoms with E-state index in [0.29, 0.717) is 25.6 Å². The van der Waals surface area contributed by atoms with Gasteiger partial charge in [0.1, 0.15) is 0 Å². The smallest absolute Gasteiger partial charge is 0.338 e. The third kappa shape index (κ3) is 4.89. The molecule has 1 amide bonds. The van der Waals surface area contributed by atoms with Crippen molar-refractivity contribution < 1.29 is 26.4 Å². The lowest BCUT2D eigenvalue weighted by Gasteiger charge is -2.33. The zero-order valence-corrected chi connectivity index (χ0v) is 13.4. The van der Waals surface area contributed by atoms with E-state index in [0.717, 1.165) is 12.3 Å². The number of nitrogens with one attached hydrogen (secondary N) is 1. The van der Waals surface area contributed by atoms with Gasteiger partial charge < -0.3 is 4.90 Å². The van der Waals surface area contributed by atoms with Crippen LogP contribution in [0.15, 0.2) is 18.5 Å². The van der Waals surface area contributed by atoms with Crippen LogP contribution in [-0.2, 0) is 16.4 Å². The predicted octanol–water partition coefficient (Wildman–Crippen LogP) is 0.746. The Hall–Kier alpha value is -1.72. The molecular formula is C13H17F3N4O3S. The maximum atomic E-state index is 13.0. The zero-order valence-electron chi connectivity index (χ0n) is 12.6. The number of carbonyl (C=O) groups excluding carboxylic acids is 1. The number of nitrogens with zero attached hydrogens (tertiary/aromatic N) is 2. The second-order valence-corrected chi connectivity index (χ2v) is 6.95. The van der Waals surface area contributed by atoms with Crippen molar-refractivity contribution >= 4 is 16.1 Å². The third-order valence-corrected chi connectivity index (χ3v) is 4.31. The van der Waals surface area contributed by atoms with Crippen LogP contribution in [0.2, 0.25) is 0 Å².